The molecule has 1 aliphatic carbocycles. The van der Waals surface area contributed by atoms with Crippen LogP contribution in [0.4, 0.5) is 0 Å². The Kier molecular flexibility index (Phi) is 7.36. The van der Waals surface area contributed by atoms with Crippen LogP contribution >= 0.6 is 0 Å². The smallest absolute Gasteiger partial charge is 0.264 e. The summed E-state index contributed by atoms with van der Waals surface area (Å²) in [6.45, 7) is 7.54. The number of amides is 2. The van der Waals surface area contributed by atoms with Crippen LogP contribution in [0.3, 0.4) is 0 Å². The summed E-state index contributed by atoms with van der Waals surface area (Å²) >= 11 is 0. The molecule has 1 atom stereocenters. The zero-order chi connectivity index (χ0) is 21.7. The first-order valence-corrected chi connectivity index (χ1v) is 11.2. The zero-order valence-electron chi connectivity index (χ0n) is 18.5. The summed E-state index contributed by atoms with van der Waals surface area (Å²) in [4.78, 5) is 26.0. The number of aryl methyl sites for hydroxylation is 1. The van der Waals surface area contributed by atoms with Gasteiger partial charge in [0.2, 0.25) is 5.91 Å². The van der Waals surface area contributed by atoms with Crippen LogP contribution < -0.4 is 5.32 Å². The molecule has 1 unspecified atom stereocenters. The summed E-state index contributed by atoms with van der Waals surface area (Å²) < 4.78 is 2.40. The lowest BCUT2D eigenvalue weighted by molar-refractivity contribution is -0.128. The Labute approximate surface area is 179 Å². The lowest BCUT2D eigenvalue weighted by Gasteiger charge is -2.32. The van der Waals surface area contributed by atoms with Crippen LogP contribution in [0.5, 0.6) is 0 Å². The molecular weight excluding hydrogens is 376 g/mol. The van der Waals surface area contributed by atoms with Crippen LogP contribution in [0.25, 0.3) is 6.08 Å². The standard InChI is InChI=1S/C24H34N4O2/c1-17-12-21(18(2)28(17)23-9-5-4-6-10-23)13-22(14-25)24(30)27-11-7-8-20(16-27)15-26-19(3)29/h12-13,20,23H,4-11,15-16H2,1-3H3,(H,26,29)/b22-13+. The molecule has 0 aromatic carbocycles. The van der Waals surface area contributed by atoms with Gasteiger partial charge < -0.3 is 14.8 Å². The number of carbonyl (C=O) groups excluding carboxylic acids is 2. The fourth-order valence-corrected chi connectivity index (χ4v) is 5.02. The molecular formula is C24H34N4O2. The summed E-state index contributed by atoms with van der Waals surface area (Å²) in [7, 11) is 0. The van der Waals surface area contributed by atoms with Crippen molar-refractivity contribution >= 4 is 17.9 Å². The maximum atomic E-state index is 13.1. The number of rotatable bonds is 5. The third kappa shape index (κ3) is 5.13. The molecule has 162 valence electrons. The van der Waals surface area contributed by atoms with E-state index < -0.39 is 0 Å². The second-order valence-corrected chi connectivity index (χ2v) is 8.85. The van der Waals surface area contributed by atoms with Gasteiger partial charge in [0.25, 0.3) is 5.91 Å². The molecule has 0 bridgehead atoms. The molecule has 3 rings (SSSR count). The molecule has 2 amide bonds. The minimum atomic E-state index is -0.201. The van der Waals surface area contributed by atoms with Crippen LogP contribution in [0, 0.1) is 31.1 Å². The molecule has 6 heteroatoms. The number of piperidine rings is 1. The quantitative estimate of drug-likeness (QED) is 0.591. The average Bonchev–Trinajstić information content (AvgIpc) is 3.03. The van der Waals surface area contributed by atoms with E-state index in [0.717, 1.165) is 24.1 Å². The van der Waals surface area contributed by atoms with E-state index in [4.69, 9.17) is 0 Å². The van der Waals surface area contributed by atoms with Crippen LogP contribution in [0.15, 0.2) is 11.6 Å². The van der Waals surface area contributed by atoms with Crippen molar-refractivity contribution in [3.63, 3.8) is 0 Å². The molecule has 0 spiro atoms. The minimum Gasteiger partial charge on any atom is -0.356 e. The highest BCUT2D eigenvalue weighted by Gasteiger charge is 2.26. The largest absolute Gasteiger partial charge is 0.356 e. The van der Waals surface area contributed by atoms with Crippen LogP contribution in [0.1, 0.15) is 74.9 Å². The second kappa shape index (κ2) is 9.97. The van der Waals surface area contributed by atoms with Gasteiger partial charge in [0.1, 0.15) is 11.6 Å². The van der Waals surface area contributed by atoms with Crippen molar-refractivity contribution in [3.05, 3.63) is 28.6 Å². The average molecular weight is 411 g/mol. The van der Waals surface area contributed by atoms with E-state index in [2.05, 4.69) is 35.9 Å². The first-order valence-electron chi connectivity index (χ1n) is 11.2. The number of hydrogen-bond acceptors (Lipinski definition) is 3. The maximum absolute atomic E-state index is 13.1. The topological polar surface area (TPSA) is 78.1 Å². The van der Waals surface area contributed by atoms with E-state index in [0.29, 0.717) is 25.7 Å². The van der Waals surface area contributed by atoms with E-state index >= 15 is 0 Å². The van der Waals surface area contributed by atoms with Gasteiger partial charge in [0, 0.05) is 44.0 Å². The van der Waals surface area contributed by atoms with Crippen LogP contribution in [-0.2, 0) is 9.59 Å². The summed E-state index contributed by atoms with van der Waals surface area (Å²) in [6.07, 6.45) is 9.89. The molecule has 1 saturated carbocycles. The van der Waals surface area contributed by atoms with Crippen molar-refractivity contribution in [2.45, 2.75) is 71.8 Å². The predicted molar refractivity (Wildman–Crippen MR) is 118 cm³/mol. The Morgan fingerprint density at radius 1 is 1.20 bits per heavy atom. The molecule has 2 fully saturated rings. The Morgan fingerprint density at radius 3 is 2.60 bits per heavy atom. The zero-order valence-corrected chi connectivity index (χ0v) is 18.5. The van der Waals surface area contributed by atoms with E-state index in [1.165, 1.54) is 44.7 Å². The molecule has 30 heavy (non-hydrogen) atoms. The predicted octanol–water partition coefficient (Wildman–Crippen LogP) is 3.89. The van der Waals surface area contributed by atoms with Crippen molar-refractivity contribution < 1.29 is 9.59 Å². The molecule has 1 aromatic rings. The first-order chi connectivity index (χ1) is 14.4. The molecule has 0 radical (unpaired) electrons. The molecule has 1 saturated heterocycles. The maximum Gasteiger partial charge on any atom is 0.264 e. The number of nitrogens with zero attached hydrogens (tertiary/aromatic N) is 3. The minimum absolute atomic E-state index is 0.0515. The Bertz CT molecular complexity index is 855. The number of nitrogens with one attached hydrogen (secondary N) is 1. The van der Waals surface area contributed by atoms with Gasteiger partial charge in [-0.3, -0.25) is 9.59 Å². The summed E-state index contributed by atoms with van der Waals surface area (Å²) in [5.41, 5.74) is 3.50. The van der Waals surface area contributed by atoms with Gasteiger partial charge in [0.15, 0.2) is 0 Å². The van der Waals surface area contributed by atoms with Crippen LogP contribution in [0.2, 0.25) is 0 Å². The summed E-state index contributed by atoms with van der Waals surface area (Å²) in [5, 5.41) is 12.6. The molecule has 2 heterocycles. The Balaban J connectivity index is 1.76. The van der Waals surface area contributed by atoms with Gasteiger partial charge in [-0.1, -0.05) is 19.3 Å². The third-order valence-corrected chi connectivity index (χ3v) is 6.56. The van der Waals surface area contributed by atoms with Crippen LogP contribution in [-0.4, -0.2) is 40.9 Å². The van der Waals surface area contributed by atoms with Crippen molar-refractivity contribution in [3.8, 4) is 6.07 Å². The number of nitriles is 1. The van der Waals surface area contributed by atoms with Gasteiger partial charge >= 0.3 is 0 Å². The van der Waals surface area contributed by atoms with Crippen molar-refractivity contribution in [1.29, 1.82) is 5.26 Å². The van der Waals surface area contributed by atoms with Gasteiger partial charge in [-0.15, -0.1) is 0 Å². The van der Waals surface area contributed by atoms with E-state index in [1.54, 1.807) is 11.0 Å². The SMILES string of the molecule is CC(=O)NCC1CCCN(C(=O)/C(C#N)=C/c2cc(C)n(C3CCCCC3)c2C)C1. The van der Waals surface area contributed by atoms with Crippen molar-refractivity contribution in [2.24, 2.45) is 5.92 Å². The lowest BCUT2D eigenvalue weighted by Crippen LogP contribution is -2.43. The summed E-state index contributed by atoms with van der Waals surface area (Å²) in [5.74, 6) is -0.0141. The molecule has 1 aromatic heterocycles. The van der Waals surface area contributed by atoms with Gasteiger partial charge in [0.05, 0.1) is 0 Å². The normalized spacial score (nSPS) is 20.7. The molecule has 1 N–H and O–H groups in total. The fourth-order valence-electron chi connectivity index (χ4n) is 5.02. The van der Waals surface area contributed by atoms with Gasteiger partial charge in [-0.05, 0) is 63.2 Å². The number of hydrogen-bond donors (Lipinski definition) is 1. The van der Waals surface area contributed by atoms with E-state index in [1.807, 2.05) is 0 Å². The second-order valence-electron chi connectivity index (χ2n) is 8.85. The molecule has 1 aliphatic heterocycles. The highest BCUT2D eigenvalue weighted by Crippen LogP contribution is 2.33. The molecule has 6 nitrogen and oxygen atoms in total. The number of likely N-dealkylation sites (tertiary alicyclic amines) is 1. The first kappa shape index (κ1) is 22.1. The monoisotopic (exact) mass is 410 g/mol. The fraction of sp³-hybridized carbons (Fsp3) is 0.625. The third-order valence-electron chi connectivity index (χ3n) is 6.56. The van der Waals surface area contributed by atoms with Gasteiger partial charge in [-0.2, -0.15) is 5.26 Å². The van der Waals surface area contributed by atoms with Gasteiger partial charge in [-0.25, -0.2) is 0 Å². The van der Waals surface area contributed by atoms with Crippen molar-refractivity contribution in [2.75, 3.05) is 19.6 Å². The highest BCUT2D eigenvalue weighted by atomic mass is 16.2. The molecule has 2 aliphatic rings. The lowest BCUT2D eigenvalue weighted by atomic mass is 9.95. The number of aromatic nitrogens is 1. The van der Waals surface area contributed by atoms with E-state index in [9.17, 15) is 14.9 Å². The Hall–Kier alpha value is -2.55. The number of carbonyl (C=O) groups is 2. The summed E-state index contributed by atoms with van der Waals surface area (Å²) in [6, 6.07) is 4.77. The van der Waals surface area contributed by atoms with E-state index in [-0.39, 0.29) is 23.3 Å². The Morgan fingerprint density at radius 2 is 1.93 bits per heavy atom. The van der Waals surface area contributed by atoms with Crippen molar-refractivity contribution in [1.82, 2.24) is 14.8 Å². The highest BCUT2D eigenvalue weighted by molar-refractivity contribution is 6.01.